The Hall–Kier alpha value is -2.38. The van der Waals surface area contributed by atoms with Gasteiger partial charge in [0.05, 0.1) is 0 Å². The molecule has 0 radical (unpaired) electrons. The van der Waals surface area contributed by atoms with Gasteiger partial charge in [-0.25, -0.2) is 0 Å². The summed E-state index contributed by atoms with van der Waals surface area (Å²) in [7, 11) is 0. The van der Waals surface area contributed by atoms with Gasteiger partial charge in [0.1, 0.15) is 0 Å². The number of carbonyl (C=O) groups is 1. The normalized spacial score (nSPS) is 15.6. The molecule has 0 heterocycles. The van der Waals surface area contributed by atoms with Crippen LogP contribution in [-0.2, 0) is 6.42 Å². The Morgan fingerprint density at radius 2 is 1.50 bits per heavy atom. The number of fused-ring (bicyclic) bond motifs is 1. The molecule has 0 unspecified atom stereocenters. The van der Waals surface area contributed by atoms with E-state index in [1.807, 2.05) is 42.5 Å². The first-order valence-electron chi connectivity index (χ1n) is 8.95. The molecule has 3 aromatic rings. The molecule has 0 amide bonds. The van der Waals surface area contributed by atoms with Gasteiger partial charge < -0.3 is 0 Å². The number of rotatable bonds is 2. The number of hydrogen-bond donors (Lipinski definition) is 0. The van der Waals surface area contributed by atoms with Gasteiger partial charge in [-0.15, -0.1) is 0 Å². The van der Waals surface area contributed by atoms with E-state index in [1.165, 1.54) is 0 Å². The van der Waals surface area contributed by atoms with E-state index in [-0.39, 0.29) is 11.2 Å². The van der Waals surface area contributed by atoms with Crippen LogP contribution in [0.15, 0.2) is 66.7 Å². The van der Waals surface area contributed by atoms with Gasteiger partial charge in [0.2, 0.25) is 0 Å². The van der Waals surface area contributed by atoms with E-state index < -0.39 is 0 Å². The van der Waals surface area contributed by atoms with Crippen molar-refractivity contribution in [1.82, 2.24) is 0 Å². The predicted octanol–water partition coefficient (Wildman–Crippen LogP) is 6.83. The van der Waals surface area contributed by atoms with Crippen LogP contribution in [0.25, 0.3) is 22.3 Å². The third kappa shape index (κ3) is 3.08. The Balaban J connectivity index is 2.01. The lowest BCUT2D eigenvalue weighted by Crippen LogP contribution is -2.27. The van der Waals surface area contributed by atoms with Crippen molar-refractivity contribution in [2.75, 3.05) is 0 Å². The van der Waals surface area contributed by atoms with E-state index in [1.54, 1.807) is 0 Å². The molecule has 0 spiro atoms. The van der Waals surface area contributed by atoms with Crippen LogP contribution in [-0.4, -0.2) is 5.78 Å². The number of halogens is 1. The standard InChI is InChI=1S/C24H21ClO/c1-24(2)14-18-12-17(16-8-4-3-5-9-16)13-20(23(18)22(26)15-24)19-10-6-7-11-21(19)25/h3-13H,14-15H2,1-2H3. The molecule has 4 rings (SSSR count). The van der Waals surface area contributed by atoms with E-state index in [4.69, 9.17) is 11.6 Å². The Kier molecular flexibility index (Phi) is 4.20. The van der Waals surface area contributed by atoms with E-state index >= 15 is 0 Å². The van der Waals surface area contributed by atoms with Gasteiger partial charge in [-0.2, -0.15) is 0 Å². The Morgan fingerprint density at radius 3 is 2.23 bits per heavy atom. The van der Waals surface area contributed by atoms with Crippen molar-refractivity contribution in [2.24, 2.45) is 5.41 Å². The van der Waals surface area contributed by atoms with Crippen molar-refractivity contribution < 1.29 is 4.79 Å². The minimum absolute atomic E-state index is 0.0167. The van der Waals surface area contributed by atoms with Crippen LogP contribution in [0.4, 0.5) is 0 Å². The van der Waals surface area contributed by atoms with Crippen LogP contribution in [0.2, 0.25) is 5.02 Å². The second-order valence-electron chi connectivity index (χ2n) is 7.84. The Bertz CT molecular complexity index is 986. The molecule has 26 heavy (non-hydrogen) atoms. The highest BCUT2D eigenvalue weighted by atomic mass is 35.5. The molecule has 0 fully saturated rings. The summed E-state index contributed by atoms with van der Waals surface area (Å²) in [5.41, 5.74) is 6.12. The van der Waals surface area contributed by atoms with Crippen molar-refractivity contribution in [3.8, 4) is 22.3 Å². The molecule has 1 aliphatic rings. The van der Waals surface area contributed by atoms with Crippen LogP contribution >= 0.6 is 11.6 Å². The minimum atomic E-state index is -0.0167. The summed E-state index contributed by atoms with van der Waals surface area (Å²) in [6.07, 6.45) is 1.47. The zero-order valence-corrected chi connectivity index (χ0v) is 15.8. The summed E-state index contributed by atoms with van der Waals surface area (Å²) in [5, 5.41) is 0.678. The molecule has 130 valence electrons. The molecule has 3 aromatic carbocycles. The molecule has 0 bridgehead atoms. The fourth-order valence-corrected chi connectivity index (χ4v) is 4.20. The maximum atomic E-state index is 13.0. The molecule has 2 heteroatoms. The molecule has 0 saturated carbocycles. The fourth-order valence-electron chi connectivity index (χ4n) is 3.96. The molecule has 0 aliphatic heterocycles. The van der Waals surface area contributed by atoms with Crippen LogP contribution in [0.1, 0.15) is 36.2 Å². The van der Waals surface area contributed by atoms with E-state index in [9.17, 15) is 4.79 Å². The summed E-state index contributed by atoms with van der Waals surface area (Å²) in [6, 6.07) is 22.4. The molecule has 1 nitrogen and oxygen atoms in total. The molecule has 0 N–H and O–H groups in total. The topological polar surface area (TPSA) is 17.1 Å². The number of benzene rings is 3. The minimum Gasteiger partial charge on any atom is -0.294 e. The molecule has 0 saturated heterocycles. The van der Waals surface area contributed by atoms with Gasteiger partial charge in [-0.1, -0.05) is 80.0 Å². The van der Waals surface area contributed by atoms with E-state index in [0.29, 0.717) is 11.4 Å². The lowest BCUT2D eigenvalue weighted by atomic mass is 9.71. The summed E-state index contributed by atoms with van der Waals surface area (Å²) < 4.78 is 0. The largest absolute Gasteiger partial charge is 0.294 e. The lowest BCUT2D eigenvalue weighted by Gasteiger charge is -2.32. The van der Waals surface area contributed by atoms with Crippen LogP contribution in [0.3, 0.4) is 0 Å². The van der Waals surface area contributed by atoms with Crippen molar-refractivity contribution in [2.45, 2.75) is 26.7 Å². The SMILES string of the molecule is CC1(C)CC(=O)c2c(cc(-c3ccccc3)cc2-c2ccccc2Cl)C1. The summed E-state index contributed by atoms with van der Waals surface area (Å²) in [6.45, 7) is 4.33. The fraction of sp³-hybridized carbons (Fsp3) is 0.208. The third-order valence-electron chi connectivity index (χ3n) is 5.08. The second kappa shape index (κ2) is 6.41. The van der Waals surface area contributed by atoms with Crippen molar-refractivity contribution >= 4 is 17.4 Å². The van der Waals surface area contributed by atoms with E-state index in [0.717, 1.165) is 39.8 Å². The van der Waals surface area contributed by atoms with Crippen LogP contribution in [0, 0.1) is 5.41 Å². The van der Waals surface area contributed by atoms with Crippen LogP contribution < -0.4 is 0 Å². The number of Topliss-reactive ketones (excluding diaryl/α,β-unsaturated/α-hetero) is 1. The first-order chi connectivity index (χ1) is 12.4. The summed E-state index contributed by atoms with van der Waals surface area (Å²) in [5.74, 6) is 0.214. The van der Waals surface area contributed by atoms with Crippen molar-refractivity contribution in [1.29, 1.82) is 0 Å². The van der Waals surface area contributed by atoms with Crippen LogP contribution in [0.5, 0.6) is 0 Å². The Morgan fingerprint density at radius 1 is 0.808 bits per heavy atom. The molecule has 1 aliphatic carbocycles. The summed E-state index contributed by atoms with van der Waals surface area (Å²) >= 11 is 6.49. The van der Waals surface area contributed by atoms with Gasteiger partial charge in [0.15, 0.2) is 5.78 Å². The average Bonchev–Trinajstić information content (AvgIpc) is 2.61. The van der Waals surface area contributed by atoms with Gasteiger partial charge in [-0.05, 0) is 46.2 Å². The van der Waals surface area contributed by atoms with E-state index in [2.05, 4.69) is 38.1 Å². The van der Waals surface area contributed by atoms with Gasteiger partial charge >= 0.3 is 0 Å². The zero-order valence-electron chi connectivity index (χ0n) is 15.1. The first-order valence-corrected chi connectivity index (χ1v) is 9.33. The number of carbonyl (C=O) groups excluding carboxylic acids is 1. The second-order valence-corrected chi connectivity index (χ2v) is 8.25. The number of ketones is 1. The highest BCUT2D eigenvalue weighted by molar-refractivity contribution is 6.33. The molecule has 0 aromatic heterocycles. The maximum Gasteiger partial charge on any atom is 0.164 e. The van der Waals surface area contributed by atoms with Gasteiger partial charge in [-0.3, -0.25) is 4.79 Å². The lowest BCUT2D eigenvalue weighted by molar-refractivity contribution is 0.0913. The maximum absolute atomic E-state index is 13.0. The van der Waals surface area contributed by atoms with Gasteiger partial charge in [0, 0.05) is 22.6 Å². The third-order valence-corrected chi connectivity index (χ3v) is 5.41. The average molecular weight is 361 g/mol. The first kappa shape index (κ1) is 17.1. The molecular weight excluding hydrogens is 340 g/mol. The number of hydrogen-bond acceptors (Lipinski definition) is 1. The van der Waals surface area contributed by atoms with Crippen molar-refractivity contribution in [3.05, 3.63) is 82.9 Å². The summed E-state index contributed by atoms with van der Waals surface area (Å²) in [4.78, 5) is 13.0. The van der Waals surface area contributed by atoms with Crippen molar-refractivity contribution in [3.63, 3.8) is 0 Å². The monoisotopic (exact) mass is 360 g/mol. The quantitative estimate of drug-likeness (QED) is 0.489. The smallest absolute Gasteiger partial charge is 0.164 e. The molecule has 0 atom stereocenters. The predicted molar refractivity (Wildman–Crippen MR) is 109 cm³/mol. The Labute approximate surface area is 159 Å². The molecular formula is C24H21ClO. The van der Waals surface area contributed by atoms with Gasteiger partial charge in [0.25, 0.3) is 0 Å². The highest BCUT2D eigenvalue weighted by Gasteiger charge is 2.33. The zero-order chi connectivity index (χ0) is 18.3. The highest BCUT2D eigenvalue weighted by Crippen LogP contribution is 2.42.